The Bertz CT molecular complexity index is 1050. The highest BCUT2D eigenvalue weighted by Gasteiger charge is 2.47. The number of hydrogen-bond acceptors (Lipinski definition) is 6. The number of aliphatic hydroxyl groups excluding tert-OH is 1. The van der Waals surface area contributed by atoms with Gasteiger partial charge in [0.1, 0.15) is 24.4 Å². The fraction of sp³-hybridized carbons (Fsp3) is 0.345. The molecule has 190 valence electrons. The van der Waals surface area contributed by atoms with Crippen molar-refractivity contribution in [3.05, 3.63) is 108 Å². The summed E-state index contributed by atoms with van der Waals surface area (Å²) >= 11 is 0. The van der Waals surface area contributed by atoms with Gasteiger partial charge in [-0.15, -0.1) is 0 Å². The standard InChI is InChI=1S/C29H33NO6/c1-21(31)30-26-28(35-19-24-15-9-4-10-16-24)27(34-18-23-13-7-3-8-14-23)25(36-29(26)32)20-33-17-22-11-5-2-6-12-22/h2-16,25-29,32H,17-20H2,1H3,(H,30,31)/t25?,26-,27+,28-,29-/m0/s1. The van der Waals surface area contributed by atoms with E-state index in [9.17, 15) is 9.90 Å². The molecule has 1 aliphatic rings. The van der Waals surface area contributed by atoms with E-state index in [4.69, 9.17) is 18.9 Å². The van der Waals surface area contributed by atoms with Crippen molar-refractivity contribution in [2.75, 3.05) is 6.61 Å². The SMILES string of the molecule is CC(=O)N[C@H]1[C@H](OCc2ccccc2)[C@H](OCc2ccccc2)C(COCc2ccccc2)O[C@@H]1O. The summed E-state index contributed by atoms with van der Waals surface area (Å²) < 4.78 is 24.6. The lowest BCUT2D eigenvalue weighted by Gasteiger charge is -2.44. The van der Waals surface area contributed by atoms with Crippen molar-refractivity contribution in [1.29, 1.82) is 0 Å². The molecule has 7 heteroatoms. The Kier molecular flexibility index (Phi) is 9.61. The Morgan fingerprint density at radius 3 is 1.75 bits per heavy atom. The van der Waals surface area contributed by atoms with Crippen LogP contribution in [-0.2, 0) is 43.6 Å². The highest BCUT2D eigenvalue weighted by Crippen LogP contribution is 2.27. The van der Waals surface area contributed by atoms with Crippen LogP contribution in [0.5, 0.6) is 0 Å². The van der Waals surface area contributed by atoms with E-state index in [0.717, 1.165) is 16.7 Å². The predicted molar refractivity (Wildman–Crippen MR) is 135 cm³/mol. The zero-order valence-corrected chi connectivity index (χ0v) is 20.4. The summed E-state index contributed by atoms with van der Waals surface area (Å²) in [6.07, 6.45) is -3.17. The van der Waals surface area contributed by atoms with Gasteiger partial charge in [0.05, 0.1) is 26.4 Å². The summed E-state index contributed by atoms with van der Waals surface area (Å²) in [6.45, 7) is 2.58. The van der Waals surface area contributed by atoms with E-state index in [1.54, 1.807) is 0 Å². The van der Waals surface area contributed by atoms with Crippen molar-refractivity contribution in [3.63, 3.8) is 0 Å². The summed E-state index contributed by atoms with van der Waals surface area (Å²) in [6, 6.07) is 28.6. The molecule has 0 aromatic heterocycles. The lowest BCUT2D eigenvalue weighted by Crippen LogP contribution is -2.65. The second-order valence-electron chi connectivity index (χ2n) is 8.81. The molecule has 3 aromatic rings. The quantitative estimate of drug-likeness (QED) is 0.426. The first-order valence-electron chi connectivity index (χ1n) is 12.1. The summed E-state index contributed by atoms with van der Waals surface area (Å²) in [5.74, 6) is -0.295. The first-order chi connectivity index (χ1) is 17.6. The van der Waals surface area contributed by atoms with Crippen molar-refractivity contribution in [3.8, 4) is 0 Å². The van der Waals surface area contributed by atoms with Crippen molar-refractivity contribution in [2.24, 2.45) is 0 Å². The molecule has 7 nitrogen and oxygen atoms in total. The molecular weight excluding hydrogens is 458 g/mol. The monoisotopic (exact) mass is 491 g/mol. The molecule has 1 fully saturated rings. The number of benzene rings is 3. The third kappa shape index (κ3) is 7.46. The molecule has 36 heavy (non-hydrogen) atoms. The predicted octanol–water partition coefficient (Wildman–Crippen LogP) is 3.60. The molecule has 1 unspecified atom stereocenters. The van der Waals surface area contributed by atoms with Crippen LogP contribution in [-0.4, -0.2) is 48.3 Å². The maximum absolute atomic E-state index is 12.0. The van der Waals surface area contributed by atoms with Gasteiger partial charge in [-0.25, -0.2) is 0 Å². The van der Waals surface area contributed by atoms with Crippen LogP contribution < -0.4 is 5.32 Å². The van der Waals surface area contributed by atoms with Crippen LogP contribution in [0.3, 0.4) is 0 Å². The number of nitrogens with one attached hydrogen (secondary N) is 1. The van der Waals surface area contributed by atoms with Crippen LogP contribution in [0.1, 0.15) is 23.6 Å². The normalized spacial score (nSPS) is 23.8. The van der Waals surface area contributed by atoms with Gasteiger partial charge in [0.2, 0.25) is 5.91 Å². The Morgan fingerprint density at radius 1 is 0.778 bits per heavy atom. The van der Waals surface area contributed by atoms with E-state index in [1.807, 2.05) is 91.0 Å². The lowest BCUT2D eigenvalue weighted by molar-refractivity contribution is -0.277. The molecule has 1 amide bonds. The maximum Gasteiger partial charge on any atom is 0.217 e. The van der Waals surface area contributed by atoms with Crippen LogP contribution in [0, 0.1) is 0 Å². The number of carbonyl (C=O) groups excluding carboxylic acids is 1. The zero-order chi connectivity index (χ0) is 25.2. The van der Waals surface area contributed by atoms with Gasteiger partial charge in [-0.2, -0.15) is 0 Å². The van der Waals surface area contributed by atoms with Crippen LogP contribution in [0.15, 0.2) is 91.0 Å². The van der Waals surface area contributed by atoms with E-state index in [-0.39, 0.29) is 19.1 Å². The number of rotatable bonds is 11. The minimum Gasteiger partial charge on any atom is -0.374 e. The second kappa shape index (κ2) is 13.3. The van der Waals surface area contributed by atoms with E-state index >= 15 is 0 Å². The van der Waals surface area contributed by atoms with Crippen LogP contribution >= 0.6 is 0 Å². The van der Waals surface area contributed by atoms with Crippen LogP contribution in [0.2, 0.25) is 0 Å². The van der Waals surface area contributed by atoms with E-state index < -0.39 is 30.6 Å². The third-order valence-electron chi connectivity index (χ3n) is 6.00. The zero-order valence-electron chi connectivity index (χ0n) is 20.4. The molecule has 1 saturated heterocycles. The fourth-order valence-corrected chi connectivity index (χ4v) is 4.24. The van der Waals surface area contributed by atoms with Gasteiger partial charge in [0, 0.05) is 6.92 Å². The van der Waals surface area contributed by atoms with E-state index in [1.165, 1.54) is 6.92 Å². The molecule has 0 radical (unpaired) electrons. The van der Waals surface area contributed by atoms with Crippen LogP contribution in [0.25, 0.3) is 0 Å². The second-order valence-corrected chi connectivity index (χ2v) is 8.81. The highest BCUT2D eigenvalue weighted by atomic mass is 16.7. The summed E-state index contributed by atoms with van der Waals surface area (Å²) in [7, 11) is 0. The Morgan fingerprint density at radius 2 is 1.25 bits per heavy atom. The van der Waals surface area contributed by atoms with Crippen molar-refractivity contribution < 1.29 is 28.8 Å². The van der Waals surface area contributed by atoms with E-state index in [2.05, 4.69) is 5.32 Å². The molecule has 2 N–H and O–H groups in total. The van der Waals surface area contributed by atoms with Crippen molar-refractivity contribution >= 4 is 5.91 Å². The smallest absolute Gasteiger partial charge is 0.217 e. The molecular formula is C29H33NO6. The number of amides is 1. The number of hydrogen-bond donors (Lipinski definition) is 2. The average Bonchev–Trinajstić information content (AvgIpc) is 2.90. The molecule has 4 rings (SSSR count). The summed E-state index contributed by atoms with van der Waals surface area (Å²) in [5.41, 5.74) is 2.99. The molecule has 1 aliphatic heterocycles. The van der Waals surface area contributed by atoms with Gasteiger partial charge >= 0.3 is 0 Å². The minimum atomic E-state index is -1.28. The molecule has 0 bridgehead atoms. The number of carbonyl (C=O) groups is 1. The molecule has 1 heterocycles. The minimum absolute atomic E-state index is 0.184. The molecule has 3 aromatic carbocycles. The lowest BCUT2D eigenvalue weighted by atomic mass is 9.96. The van der Waals surface area contributed by atoms with Crippen LogP contribution in [0.4, 0.5) is 0 Å². The fourth-order valence-electron chi connectivity index (χ4n) is 4.24. The summed E-state index contributed by atoms with van der Waals surface area (Å²) in [5, 5.41) is 13.6. The Labute approximate surface area is 212 Å². The molecule has 0 saturated carbocycles. The van der Waals surface area contributed by atoms with Gasteiger partial charge in [-0.3, -0.25) is 4.79 Å². The maximum atomic E-state index is 12.0. The number of ether oxygens (including phenoxy) is 4. The average molecular weight is 492 g/mol. The van der Waals surface area contributed by atoms with Crippen molar-refractivity contribution in [1.82, 2.24) is 5.32 Å². The number of aliphatic hydroxyl groups is 1. The first kappa shape index (κ1) is 26.0. The Hall–Kier alpha value is -3.07. The summed E-state index contributed by atoms with van der Waals surface area (Å²) in [4.78, 5) is 12.0. The van der Waals surface area contributed by atoms with Gasteiger partial charge in [0.15, 0.2) is 6.29 Å². The third-order valence-corrected chi connectivity index (χ3v) is 6.00. The molecule has 0 aliphatic carbocycles. The van der Waals surface area contributed by atoms with Gasteiger partial charge < -0.3 is 29.4 Å². The highest BCUT2D eigenvalue weighted by molar-refractivity contribution is 5.73. The van der Waals surface area contributed by atoms with Gasteiger partial charge in [0.25, 0.3) is 0 Å². The topological polar surface area (TPSA) is 86.3 Å². The van der Waals surface area contributed by atoms with Crippen molar-refractivity contribution in [2.45, 2.75) is 57.4 Å². The Balaban J connectivity index is 1.53. The molecule has 0 spiro atoms. The van der Waals surface area contributed by atoms with Gasteiger partial charge in [-0.1, -0.05) is 91.0 Å². The van der Waals surface area contributed by atoms with Gasteiger partial charge in [-0.05, 0) is 16.7 Å². The largest absolute Gasteiger partial charge is 0.374 e. The molecule has 5 atom stereocenters. The van der Waals surface area contributed by atoms with E-state index in [0.29, 0.717) is 13.2 Å². The first-order valence-corrected chi connectivity index (χ1v) is 12.1.